The number of piperazine rings is 1. The van der Waals surface area contributed by atoms with Crippen LogP contribution in [0.5, 0.6) is 11.5 Å². The molecule has 0 saturated carbocycles. The molecule has 1 fully saturated rings. The van der Waals surface area contributed by atoms with Gasteiger partial charge in [0.15, 0.2) is 0 Å². The van der Waals surface area contributed by atoms with E-state index in [0.29, 0.717) is 11.3 Å². The second kappa shape index (κ2) is 11.6. The van der Waals surface area contributed by atoms with Gasteiger partial charge in [-0.25, -0.2) is 0 Å². The predicted octanol–water partition coefficient (Wildman–Crippen LogP) is 6.12. The standard InChI is InChI=1S/C34H35N5O2/c1-23-7-8-26(34(40)36-28-10-9-27(24(2)19-28)22-39-17-15-38(3)16-18-39)20-32(23)41-33-21-31(25-11-13-35-14-12-25)37-30-6-4-5-29(30)33/h4-5,7-14,19-21H,6,15-18,22H2,1-3H3,(H,36,40). The van der Waals surface area contributed by atoms with Crippen LogP contribution >= 0.6 is 0 Å². The Morgan fingerprint density at radius 2 is 1.73 bits per heavy atom. The van der Waals surface area contributed by atoms with Crippen LogP contribution in [0.15, 0.2) is 73.1 Å². The van der Waals surface area contributed by atoms with E-state index in [1.807, 2.05) is 49.4 Å². The lowest BCUT2D eigenvalue weighted by molar-refractivity contribution is 0.102. The summed E-state index contributed by atoms with van der Waals surface area (Å²) in [6, 6.07) is 17.6. The number of allylic oxidation sites excluding steroid dienone is 1. The lowest BCUT2D eigenvalue weighted by atomic mass is 10.1. The zero-order valence-corrected chi connectivity index (χ0v) is 23.9. The third-order valence-corrected chi connectivity index (χ3v) is 7.93. The second-order valence-electron chi connectivity index (χ2n) is 11.0. The van der Waals surface area contributed by atoms with Crippen molar-refractivity contribution in [2.24, 2.45) is 0 Å². The molecule has 2 aromatic heterocycles. The molecule has 1 aliphatic heterocycles. The monoisotopic (exact) mass is 545 g/mol. The van der Waals surface area contributed by atoms with E-state index in [1.54, 1.807) is 12.4 Å². The lowest BCUT2D eigenvalue weighted by Crippen LogP contribution is -2.43. The number of benzene rings is 2. The van der Waals surface area contributed by atoms with Crippen LogP contribution in [0.2, 0.25) is 0 Å². The summed E-state index contributed by atoms with van der Waals surface area (Å²) in [7, 11) is 2.17. The molecule has 41 heavy (non-hydrogen) atoms. The van der Waals surface area contributed by atoms with Crippen molar-refractivity contribution in [1.82, 2.24) is 19.8 Å². The first-order valence-corrected chi connectivity index (χ1v) is 14.1. The number of nitrogens with one attached hydrogen (secondary N) is 1. The Kier molecular flexibility index (Phi) is 7.63. The average molecular weight is 546 g/mol. The predicted molar refractivity (Wildman–Crippen MR) is 163 cm³/mol. The van der Waals surface area contributed by atoms with Crippen molar-refractivity contribution >= 4 is 17.7 Å². The number of carbonyl (C=O) groups excluding carboxylic acids is 1. The fourth-order valence-corrected chi connectivity index (χ4v) is 5.33. The molecule has 1 N–H and O–H groups in total. The number of aromatic nitrogens is 2. The van der Waals surface area contributed by atoms with Gasteiger partial charge in [-0.2, -0.15) is 0 Å². The van der Waals surface area contributed by atoms with E-state index in [9.17, 15) is 4.79 Å². The molecule has 0 atom stereocenters. The van der Waals surface area contributed by atoms with Crippen LogP contribution in [0.25, 0.3) is 17.3 Å². The Bertz CT molecular complexity index is 1610. The van der Waals surface area contributed by atoms with Gasteiger partial charge >= 0.3 is 0 Å². The number of likely N-dealkylation sites (N-methyl/N-ethyl adjacent to an activating group) is 1. The van der Waals surface area contributed by atoms with Crippen LogP contribution in [-0.2, 0) is 13.0 Å². The van der Waals surface area contributed by atoms with Gasteiger partial charge in [-0.3, -0.25) is 19.7 Å². The van der Waals surface area contributed by atoms with E-state index >= 15 is 0 Å². The molecule has 0 bridgehead atoms. The summed E-state index contributed by atoms with van der Waals surface area (Å²) >= 11 is 0. The molecule has 0 unspecified atom stereocenters. The Morgan fingerprint density at radius 3 is 2.51 bits per heavy atom. The Balaban J connectivity index is 1.19. The van der Waals surface area contributed by atoms with Gasteiger partial charge in [0, 0.05) is 80.0 Å². The largest absolute Gasteiger partial charge is 0.456 e. The van der Waals surface area contributed by atoms with Crippen molar-refractivity contribution in [1.29, 1.82) is 0 Å². The summed E-state index contributed by atoms with van der Waals surface area (Å²) < 4.78 is 6.47. The summed E-state index contributed by atoms with van der Waals surface area (Å²) in [6.07, 6.45) is 8.43. The minimum atomic E-state index is -0.168. The van der Waals surface area contributed by atoms with Gasteiger partial charge < -0.3 is 15.0 Å². The van der Waals surface area contributed by atoms with Crippen molar-refractivity contribution in [3.63, 3.8) is 0 Å². The minimum Gasteiger partial charge on any atom is -0.456 e. The van der Waals surface area contributed by atoms with Crippen molar-refractivity contribution in [2.75, 3.05) is 38.5 Å². The number of ether oxygens (including phenoxy) is 1. The molecule has 4 aromatic rings. The van der Waals surface area contributed by atoms with E-state index in [-0.39, 0.29) is 5.91 Å². The third kappa shape index (κ3) is 6.06. The quantitative estimate of drug-likeness (QED) is 0.302. The van der Waals surface area contributed by atoms with Crippen LogP contribution in [-0.4, -0.2) is 58.9 Å². The molecule has 2 aromatic carbocycles. The zero-order chi connectivity index (χ0) is 28.3. The van der Waals surface area contributed by atoms with Gasteiger partial charge in [0.05, 0.1) is 11.4 Å². The molecule has 2 aliphatic rings. The van der Waals surface area contributed by atoms with Crippen molar-refractivity contribution < 1.29 is 9.53 Å². The van der Waals surface area contributed by atoms with Gasteiger partial charge in [0.25, 0.3) is 5.91 Å². The summed E-state index contributed by atoms with van der Waals surface area (Å²) in [4.78, 5) is 27.1. The van der Waals surface area contributed by atoms with Crippen LogP contribution < -0.4 is 10.1 Å². The highest BCUT2D eigenvalue weighted by molar-refractivity contribution is 6.04. The summed E-state index contributed by atoms with van der Waals surface area (Å²) in [5.74, 6) is 1.20. The number of amides is 1. The molecule has 6 rings (SSSR count). The number of pyridine rings is 2. The molecule has 0 spiro atoms. The van der Waals surface area contributed by atoms with Crippen LogP contribution in [0.1, 0.15) is 38.3 Å². The van der Waals surface area contributed by atoms with Gasteiger partial charge in [-0.1, -0.05) is 24.3 Å². The lowest BCUT2D eigenvalue weighted by Gasteiger charge is -2.32. The van der Waals surface area contributed by atoms with E-state index < -0.39 is 0 Å². The van der Waals surface area contributed by atoms with Gasteiger partial charge in [-0.15, -0.1) is 0 Å². The highest BCUT2D eigenvalue weighted by atomic mass is 16.5. The molecule has 1 amide bonds. The van der Waals surface area contributed by atoms with Gasteiger partial charge in [0.1, 0.15) is 11.5 Å². The first-order chi connectivity index (χ1) is 19.9. The maximum atomic E-state index is 13.3. The molecule has 208 valence electrons. The normalized spacial score (nSPS) is 15.1. The topological polar surface area (TPSA) is 70.6 Å². The maximum Gasteiger partial charge on any atom is 0.255 e. The third-order valence-electron chi connectivity index (χ3n) is 7.93. The Hall–Kier alpha value is -4.33. The number of hydrogen-bond acceptors (Lipinski definition) is 6. The minimum absolute atomic E-state index is 0.168. The number of rotatable bonds is 7. The highest BCUT2D eigenvalue weighted by Crippen LogP contribution is 2.36. The van der Waals surface area contributed by atoms with Gasteiger partial charge in [-0.05, 0) is 74.0 Å². The smallest absolute Gasteiger partial charge is 0.255 e. The molecular formula is C34H35N5O2. The highest BCUT2D eigenvalue weighted by Gasteiger charge is 2.19. The van der Waals surface area contributed by atoms with E-state index in [1.165, 1.54) is 11.1 Å². The van der Waals surface area contributed by atoms with Crippen LogP contribution in [0.4, 0.5) is 5.69 Å². The summed E-state index contributed by atoms with van der Waals surface area (Å²) in [5.41, 5.74) is 8.53. The van der Waals surface area contributed by atoms with Crippen molar-refractivity contribution in [3.05, 3.63) is 107 Å². The van der Waals surface area contributed by atoms with E-state index in [0.717, 1.165) is 78.7 Å². The SMILES string of the molecule is Cc1cc(NC(=O)c2ccc(C)c(Oc3cc(-c4ccncc4)nc4c3C=CC4)c2)ccc1CN1CCN(C)CC1. The van der Waals surface area contributed by atoms with E-state index in [4.69, 9.17) is 9.72 Å². The summed E-state index contributed by atoms with van der Waals surface area (Å²) in [6.45, 7) is 9.39. The number of hydrogen-bond donors (Lipinski definition) is 1. The Labute approximate surface area is 241 Å². The number of carbonyl (C=O) groups is 1. The van der Waals surface area contributed by atoms with E-state index in [2.05, 4.69) is 58.4 Å². The number of fused-ring (bicyclic) bond motifs is 1. The van der Waals surface area contributed by atoms with Crippen LogP contribution in [0, 0.1) is 13.8 Å². The van der Waals surface area contributed by atoms with Crippen LogP contribution in [0.3, 0.4) is 0 Å². The maximum absolute atomic E-state index is 13.3. The fraction of sp³-hybridized carbons (Fsp3) is 0.265. The first kappa shape index (κ1) is 26.9. The second-order valence-corrected chi connectivity index (χ2v) is 11.0. The fourth-order valence-electron chi connectivity index (χ4n) is 5.33. The summed E-state index contributed by atoms with van der Waals surface area (Å²) in [5, 5.41) is 3.08. The van der Waals surface area contributed by atoms with Crippen molar-refractivity contribution in [3.8, 4) is 22.8 Å². The molecule has 0 radical (unpaired) electrons. The molecule has 1 saturated heterocycles. The number of aryl methyl sites for hydroxylation is 2. The molecular weight excluding hydrogens is 510 g/mol. The number of nitrogens with zero attached hydrogens (tertiary/aromatic N) is 4. The van der Waals surface area contributed by atoms with Gasteiger partial charge in [0.2, 0.25) is 0 Å². The molecule has 7 heteroatoms. The Morgan fingerprint density at radius 1 is 0.927 bits per heavy atom. The molecule has 3 heterocycles. The van der Waals surface area contributed by atoms with Crippen molar-refractivity contribution in [2.45, 2.75) is 26.8 Å². The average Bonchev–Trinajstić information content (AvgIpc) is 3.46. The number of anilines is 1. The first-order valence-electron chi connectivity index (χ1n) is 14.1. The molecule has 7 nitrogen and oxygen atoms in total. The zero-order valence-electron chi connectivity index (χ0n) is 23.9. The molecule has 1 aliphatic carbocycles.